The quantitative estimate of drug-likeness (QED) is 0.460. The summed E-state index contributed by atoms with van der Waals surface area (Å²) in [5.41, 5.74) is -4.11. The van der Waals surface area contributed by atoms with Gasteiger partial charge in [-0.05, 0) is 42.1 Å². The third kappa shape index (κ3) is 5.44. The molecule has 0 bridgehead atoms. The zero-order valence-corrected chi connectivity index (χ0v) is 12.2. The monoisotopic (exact) mass is 330 g/mol. The first-order chi connectivity index (χ1) is 10.4. The highest BCUT2D eigenvalue weighted by Crippen LogP contribution is 2.36. The number of rotatable bonds is 6. The fourth-order valence-electron chi connectivity index (χ4n) is 1.70. The molecular weight excluding hydrogens is 317 g/mol. The predicted molar refractivity (Wildman–Crippen MR) is 75.5 cm³/mol. The molecule has 0 N–H and O–H groups in total. The van der Waals surface area contributed by atoms with Gasteiger partial charge in [-0.25, -0.2) is 4.79 Å². The van der Waals surface area contributed by atoms with E-state index >= 15 is 0 Å². The van der Waals surface area contributed by atoms with Crippen LogP contribution in [0.25, 0.3) is 0 Å². The molecule has 1 heterocycles. The Morgan fingerprint density at radius 3 is 2.59 bits per heavy atom. The number of ether oxygens (including phenoxy) is 1. The number of aromatic nitrogens is 2. The molecule has 1 aromatic heterocycles. The third-order valence-electron chi connectivity index (χ3n) is 2.65. The molecule has 0 atom stereocenters. The lowest BCUT2D eigenvalue weighted by molar-refractivity contribution is -0.0328. The van der Waals surface area contributed by atoms with Gasteiger partial charge in [0, 0.05) is 30.3 Å². The van der Waals surface area contributed by atoms with E-state index in [1.54, 1.807) is 23.1 Å². The first-order valence-electron chi connectivity index (χ1n) is 6.44. The van der Waals surface area contributed by atoms with Gasteiger partial charge >= 0.3 is 11.5 Å². The highest BCUT2D eigenvalue weighted by atomic mass is 32.2. The summed E-state index contributed by atoms with van der Waals surface area (Å²) in [7, 11) is 0. The highest BCUT2D eigenvalue weighted by molar-refractivity contribution is 8.00. The minimum Gasteiger partial charge on any atom is -0.462 e. The molecular formula is C14H13F3N2O2S. The average Bonchev–Trinajstić information content (AvgIpc) is 2.95. The van der Waals surface area contributed by atoms with Crippen LogP contribution < -0.4 is 0 Å². The first-order valence-corrected chi connectivity index (χ1v) is 7.26. The van der Waals surface area contributed by atoms with Gasteiger partial charge in [-0.2, -0.15) is 18.3 Å². The van der Waals surface area contributed by atoms with E-state index in [2.05, 4.69) is 5.10 Å². The predicted octanol–water partition coefficient (Wildman–Crippen LogP) is 3.74. The normalized spacial score (nSPS) is 11.4. The lowest BCUT2D eigenvalue weighted by Gasteiger charge is -2.07. The Morgan fingerprint density at radius 2 is 2.00 bits per heavy atom. The molecule has 0 amide bonds. The molecule has 0 spiro atoms. The van der Waals surface area contributed by atoms with Gasteiger partial charge in [0.2, 0.25) is 0 Å². The summed E-state index contributed by atoms with van der Waals surface area (Å²) in [6, 6.07) is 6.94. The summed E-state index contributed by atoms with van der Waals surface area (Å²) >= 11 is -0.221. The summed E-state index contributed by atoms with van der Waals surface area (Å²) in [5.74, 6) is -0.552. The Kier molecular flexibility index (Phi) is 5.48. The van der Waals surface area contributed by atoms with Crippen molar-refractivity contribution < 1.29 is 22.7 Å². The van der Waals surface area contributed by atoms with Crippen molar-refractivity contribution in [3.8, 4) is 0 Å². The highest BCUT2D eigenvalue weighted by Gasteiger charge is 2.29. The Hall–Kier alpha value is -1.96. The maximum Gasteiger partial charge on any atom is 0.446 e. The van der Waals surface area contributed by atoms with E-state index in [0.717, 1.165) is 0 Å². The molecule has 2 aromatic rings. The SMILES string of the molecule is O=C(OCCCn1cccn1)c1ccc(SC(F)(F)F)cc1. The molecule has 2 rings (SSSR count). The lowest BCUT2D eigenvalue weighted by atomic mass is 10.2. The summed E-state index contributed by atoms with van der Waals surface area (Å²) in [5, 5.41) is 4.01. The van der Waals surface area contributed by atoms with Gasteiger partial charge in [-0.3, -0.25) is 4.68 Å². The van der Waals surface area contributed by atoms with Crippen LogP contribution in [-0.2, 0) is 11.3 Å². The van der Waals surface area contributed by atoms with Crippen LogP contribution in [0.3, 0.4) is 0 Å². The molecule has 0 aliphatic carbocycles. The number of esters is 1. The van der Waals surface area contributed by atoms with Crippen LogP contribution in [0.5, 0.6) is 0 Å². The minimum atomic E-state index is -4.34. The summed E-state index contributed by atoms with van der Waals surface area (Å²) in [6.07, 6.45) is 4.07. The van der Waals surface area contributed by atoms with Crippen molar-refractivity contribution in [2.45, 2.75) is 23.4 Å². The zero-order valence-electron chi connectivity index (χ0n) is 11.4. The zero-order chi connectivity index (χ0) is 16.0. The smallest absolute Gasteiger partial charge is 0.446 e. The van der Waals surface area contributed by atoms with E-state index in [1.807, 2.05) is 0 Å². The second kappa shape index (κ2) is 7.35. The summed E-state index contributed by atoms with van der Waals surface area (Å²) < 4.78 is 43.3. The Labute approximate surface area is 129 Å². The third-order valence-corrected chi connectivity index (χ3v) is 3.39. The first kappa shape index (κ1) is 16.4. The van der Waals surface area contributed by atoms with Gasteiger partial charge in [-0.1, -0.05) is 0 Å². The van der Waals surface area contributed by atoms with Gasteiger partial charge in [0.1, 0.15) is 0 Å². The summed E-state index contributed by atoms with van der Waals surface area (Å²) in [6.45, 7) is 0.846. The number of thioether (sulfide) groups is 1. The van der Waals surface area contributed by atoms with Crippen LogP contribution in [0, 0.1) is 0 Å². The largest absolute Gasteiger partial charge is 0.462 e. The van der Waals surface area contributed by atoms with Gasteiger partial charge in [0.25, 0.3) is 0 Å². The number of hydrogen-bond donors (Lipinski definition) is 0. The van der Waals surface area contributed by atoms with Crippen molar-refractivity contribution in [3.63, 3.8) is 0 Å². The molecule has 0 aliphatic rings. The van der Waals surface area contributed by atoms with E-state index in [-0.39, 0.29) is 28.8 Å². The molecule has 1 aromatic carbocycles. The molecule has 0 fully saturated rings. The number of carbonyl (C=O) groups is 1. The van der Waals surface area contributed by atoms with Crippen LogP contribution in [0.1, 0.15) is 16.8 Å². The second-order valence-corrected chi connectivity index (χ2v) is 5.47. The average molecular weight is 330 g/mol. The Bertz CT molecular complexity index is 598. The Morgan fingerprint density at radius 1 is 1.27 bits per heavy atom. The van der Waals surface area contributed by atoms with E-state index in [9.17, 15) is 18.0 Å². The fraction of sp³-hybridized carbons (Fsp3) is 0.286. The molecule has 22 heavy (non-hydrogen) atoms. The maximum absolute atomic E-state index is 12.2. The van der Waals surface area contributed by atoms with Crippen molar-refractivity contribution in [1.82, 2.24) is 9.78 Å². The number of aryl methyl sites for hydroxylation is 1. The molecule has 0 aliphatic heterocycles. The van der Waals surface area contributed by atoms with Gasteiger partial charge < -0.3 is 4.74 Å². The number of carbonyl (C=O) groups excluding carboxylic acids is 1. The van der Waals surface area contributed by atoms with Gasteiger partial charge in [0.05, 0.1) is 12.2 Å². The van der Waals surface area contributed by atoms with Crippen LogP contribution in [0.4, 0.5) is 13.2 Å². The van der Waals surface area contributed by atoms with Crippen molar-refractivity contribution >= 4 is 17.7 Å². The molecule has 0 radical (unpaired) electrons. The fourth-order valence-corrected chi connectivity index (χ4v) is 2.24. The van der Waals surface area contributed by atoms with Crippen LogP contribution >= 0.6 is 11.8 Å². The molecule has 4 nitrogen and oxygen atoms in total. The second-order valence-electron chi connectivity index (χ2n) is 4.33. The number of benzene rings is 1. The molecule has 0 saturated heterocycles. The number of nitrogens with zero attached hydrogens (tertiary/aromatic N) is 2. The van der Waals surface area contributed by atoms with Crippen molar-refractivity contribution in [2.75, 3.05) is 6.61 Å². The van der Waals surface area contributed by atoms with Crippen LogP contribution in [-0.4, -0.2) is 27.9 Å². The van der Waals surface area contributed by atoms with Crippen LogP contribution in [0.2, 0.25) is 0 Å². The number of hydrogen-bond acceptors (Lipinski definition) is 4. The number of alkyl halides is 3. The number of halogens is 3. The molecule has 118 valence electrons. The maximum atomic E-state index is 12.2. The van der Waals surface area contributed by atoms with Crippen LogP contribution in [0.15, 0.2) is 47.6 Å². The van der Waals surface area contributed by atoms with Crippen molar-refractivity contribution in [2.24, 2.45) is 0 Å². The van der Waals surface area contributed by atoms with Gasteiger partial charge in [-0.15, -0.1) is 0 Å². The van der Waals surface area contributed by atoms with E-state index in [4.69, 9.17) is 4.74 Å². The van der Waals surface area contributed by atoms with E-state index < -0.39 is 11.5 Å². The van der Waals surface area contributed by atoms with E-state index in [1.165, 1.54) is 24.3 Å². The van der Waals surface area contributed by atoms with Gasteiger partial charge in [0.15, 0.2) is 0 Å². The van der Waals surface area contributed by atoms with E-state index in [0.29, 0.717) is 13.0 Å². The molecule has 0 saturated carbocycles. The summed E-state index contributed by atoms with van der Waals surface area (Å²) in [4.78, 5) is 11.8. The topological polar surface area (TPSA) is 44.1 Å². The molecule has 0 unspecified atom stereocenters. The Balaban J connectivity index is 1.77. The standard InChI is InChI=1S/C14H13F3N2O2S/c15-14(16,17)22-12-5-3-11(4-6-12)13(20)21-10-2-9-19-8-1-7-18-19/h1,3-8H,2,9-10H2. The van der Waals surface area contributed by atoms with Crippen molar-refractivity contribution in [3.05, 3.63) is 48.3 Å². The minimum absolute atomic E-state index is 0.0303. The lowest BCUT2D eigenvalue weighted by Crippen LogP contribution is -2.09. The van der Waals surface area contributed by atoms with Crippen molar-refractivity contribution in [1.29, 1.82) is 0 Å². The molecule has 8 heteroatoms.